The van der Waals surface area contributed by atoms with Gasteiger partial charge in [0.05, 0.1) is 0 Å². The van der Waals surface area contributed by atoms with Crippen LogP contribution < -0.4 is 4.74 Å². The van der Waals surface area contributed by atoms with Crippen molar-refractivity contribution >= 4 is 5.57 Å². The number of rotatable bonds is 6. The van der Waals surface area contributed by atoms with Gasteiger partial charge in [-0.25, -0.2) is 0 Å². The fourth-order valence-electron chi connectivity index (χ4n) is 1.21. The first-order valence-electron chi connectivity index (χ1n) is 5.16. The van der Waals surface area contributed by atoms with Crippen LogP contribution in [0.1, 0.15) is 19.4 Å². The van der Waals surface area contributed by atoms with E-state index in [1.165, 1.54) is 0 Å². The maximum Gasteiger partial charge on any atom is 0.199 e. The van der Waals surface area contributed by atoms with Crippen LogP contribution in [0.3, 0.4) is 0 Å². The number of allylic oxidation sites excluding steroid dienone is 1. The first kappa shape index (κ1) is 12.7. The van der Waals surface area contributed by atoms with Crippen molar-refractivity contribution in [1.29, 1.82) is 0 Å². The molecule has 0 aliphatic heterocycles. The molecule has 0 aliphatic carbocycles. The predicted molar refractivity (Wildman–Crippen MR) is 64.2 cm³/mol. The summed E-state index contributed by atoms with van der Waals surface area (Å²) in [5.74, 6) is 0.772. The van der Waals surface area contributed by atoms with Gasteiger partial charge in [-0.15, -0.1) is 0 Å². The molecule has 1 aromatic rings. The summed E-state index contributed by atoms with van der Waals surface area (Å²) in [7, 11) is 1.58. The van der Waals surface area contributed by atoms with Gasteiger partial charge in [0.15, 0.2) is 13.1 Å². The van der Waals surface area contributed by atoms with Gasteiger partial charge in [-0.1, -0.05) is 24.3 Å². The summed E-state index contributed by atoms with van der Waals surface area (Å²) in [5.41, 5.74) is 2.15. The van der Waals surface area contributed by atoms with Crippen molar-refractivity contribution in [3.05, 3.63) is 36.4 Å². The lowest BCUT2D eigenvalue weighted by Crippen LogP contribution is -2.17. The lowest BCUT2D eigenvalue weighted by molar-refractivity contribution is -0.138. The van der Waals surface area contributed by atoms with Gasteiger partial charge >= 0.3 is 0 Å². The van der Waals surface area contributed by atoms with Crippen LogP contribution in [0.2, 0.25) is 0 Å². The molecule has 0 spiro atoms. The Bertz CT molecular complexity index is 330. The fourth-order valence-corrected chi connectivity index (χ4v) is 1.21. The second-order valence-corrected chi connectivity index (χ2v) is 3.56. The molecular formula is C13H18O3. The fraction of sp³-hybridized carbons (Fsp3) is 0.385. The lowest BCUT2D eigenvalue weighted by atomic mass is 10.1. The van der Waals surface area contributed by atoms with Crippen molar-refractivity contribution in [3.63, 3.8) is 0 Å². The highest BCUT2D eigenvalue weighted by Gasteiger charge is 2.03. The summed E-state index contributed by atoms with van der Waals surface area (Å²) >= 11 is 0. The molecular weight excluding hydrogens is 204 g/mol. The number of ether oxygens (including phenoxy) is 3. The van der Waals surface area contributed by atoms with Crippen LogP contribution in [0.25, 0.3) is 5.57 Å². The Morgan fingerprint density at radius 2 is 1.94 bits per heavy atom. The van der Waals surface area contributed by atoms with Crippen LogP contribution in [0, 0.1) is 0 Å². The minimum absolute atomic E-state index is 0.227. The standard InChI is InChI=1S/C13H18O3/c1-10(2)12-5-7-13(8-6-12)16-11(3)15-9-14-4/h5-8,11H,1,9H2,2-4H3. The molecule has 0 amide bonds. The van der Waals surface area contributed by atoms with Crippen LogP contribution >= 0.6 is 0 Å². The molecule has 0 saturated heterocycles. The van der Waals surface area contributed by atoms with Gasteiger partial charge in [-0.2, -0.15) is 0 Å². The number of benzene rings is 1. The van der Waals surface area contributed by atoms with Gasteiger partial charge < -0.3 is 14.2 Å². The molecule has 0 heterocycles. The Balaban J connectivity index is 2.51. The molecule has 16 heavy (non-hydrogen) atoms. The summed E-state index contributed by atoms with van der Waals surface area (Å²) < 4.78 is 15.5. The van der Waals surface area contributed by atoms with E-state index in [1.807, 2.05) is 38.1 Å². The van der Waals surface area contributed by atoms with Gasteiger partial charge in [0.2, 0.25) is 0 Å². The highest BCUT2D eigenvalue weighted by Crippen LogP contribution is 2.18. The van der Waals surface area contributed by atoms with Crippen LogP contribution in [-0.4, -0.2) is 20.2 Å². The summed E-state index contributed by atoms with van der Waals surface area (Å²) in [6.45, 7) is 7.90. The van der Waals surface area contributed by atoms with E-state index in [0.29, 0.717) is 0 Å². The van der Waals surface area contributed by atoms with E-state index in [0.717, 1.165) is 16.9 Å². The second-order valence-electron chi connectivity index (χ2n) is 3.56. The van der Waals surface area contributed by atoms with Gasteiger partial charge in [-0.3, -0.25) is 0 Å². The van der Waals surface area contributed by atoms with Crippen LogP contribution in [0.15, 0.2) is 30.8 Å². The largest absolute Gasteiger partial charge is 0.465 e. The monoisotopic (exact) mass is 222 g/mol. The van der Waals surface area contributed by atoms with Gasteiger partial charge in [0.1, 0.15) is 5.75 Å². The maximum absolute atomic E-state index is 5.52. The molecule has 1 rings (SSSR count). The van der Waals surface area contributed by atoms with Crippen molar-refractivity contribution < 1.29 is 14.2 Å². The van der Waals surface area contributed by atoms with E-state index in [4.69, 9.17) is 14.2 Å². The van der Waals surface area contributed by atoms with E-state index >= 15 is 0 Å². The van der Waals surface area contributed by atoms with Crippen molar-refractivity contribution in [3.8, 4) is 5.75 Å². The first-order chi connectivity index (χ1) is 7.63. The number of hydrogen-bond donors (Lipinski definition) is 0. The molecule has 0 aromatic heterocycles. The van der Waals surface area contributed by atoms with Gasteiger partial charge in [-0.05, 0) is 31.5 Å². The van der Waals surface area contributed by atoms with Crippen molar-refractivity contribution in [2.24, 2.45) is 0 Å². The Kier molecular flexibility index (Phi) is 5.02. The molecule has 0 fully saturated rings. The molecule has 1 atom stereocenters. The third kappa shape index (κ3) is 4.04. The molecule has 1 aromatic carbocycles. The average Bonchev–Trinajstić information content (AvgIpc) is 2.27. The van der Waals surface area contributed by atoms with E-state index in [-0.39, 0.29) is 13.1 Å². The predicted octanol–water partition coefficient (Wildman–Crippen LogP) is 3.07. The zero-order valence-electron chi connectivity index (χ0n) is 10.0. The highest BCUT2D eigenvalue weighted by molar-refractivity contribution is 5.61. The SMILES string of the molecule is C=C(C)c1ccc(OC(C)OCOC)cc1. The molecule has 0 radical (unpaired) electrons. The highest BCUT2D eigenvalue weighted by atomic mass is 16.7. The van der Waals surface area contributed by atoms with E-state index in [1.54, 1.807) is 7.11 Å². The van der Waals surface area contributed by atoms with Crippen LogP contribution in [0.4, 0.5) is 0 Å². The minimum atomic E-state index is -0.323. The third-order valence-electron chi connectivity index (χ3n) is 2.07. The summed E-state index contributed by atoms with van der Waals surface area (Å²) in [6.07, 6.45) is -0.323. The maximum atomic E-state index is 5.52. The first-order valence-corrected chi connectivity index (χ1v) is 5.16. The quantitative estimate of drug-likeness (QED) is 0.692. The van der Waals surface area contributed by atoms with Crippen molar-refractivity contribution in [1.82, 2.24) is 0 Å². The Labute approximate surface area is 96.6 Å². The van der Waals surface area contributed by atoms with E-state index < -0.39 is 0 Å². The van der Waals surface area contributed by atoms with Crippen molar-refractivity contribution in [2.75, 3.05) is 13.9 Å². The van der Waals surface area contributed by atoms with Crippen molar-refractivity contribution in [2.45, 2.75) is 20.1 Å². The molecule has 0 bridgehead atoms. The molecule has 0 saturated carbocycles. The normalized spacial score (nSPS) is 12.2. The molecule has 1 unspecified atom stereocenters. The third-order valence-corrected chi connectivity index (χ3v) is 2.07. The summed E-state index contributed by atoms with van der Waals surface area (Å²) in [5, 5.41) is 0. The smallest absolute Gasteiger partial charge is 0.199 e. The average molecular weight is 222 g/mol. The van der Waals surface area contributed by atoms with Crippen LogP contribution in [-0.2, 0) is 9.47 Å². The molecule has 0 N–H and O–H groups in total. The van der Waals surface area contributed by atoms with E-state index in [9.17, 15) is 0 Å². The molecule has 3 heteroatoms. The zero-order chi connectivity index (χ0) is 12.0. The number of methoxy groups -OCH3 is 1. The zero-order valence-corrected chi connectivity index (χ0v) is 10.0. The molecule has 3 nitrogen and oxygen atoms in total. The Hall–Kier alpha value is -1.32. The summed E-state index contributed by atoms with van der Waals surface area (Å²) in [6, 6.07) is 7.74. The van der Waals surface area contributed by atoms with Gasteiger partial charge in [0, 0.05) is 7.11 Å². The summed E-state index contributed by atoms with van der Waals surface area (Å²) in [4.78, 5) is 0. The Morgan fingerprint density at radius 1 is 1.31 bits per heavy atom. The topological polar surface area (TPSA) is 27.7 Å². The van der Waals surface area contributed by atoms with E-state index in [2.05, 4.69) is 6.58 Å². The second kappa shape index (κ2) is 6.30. The Morgan fingerprint density at radius 3 is 2.44 bits per heavy atom. The minimum Gasteiger partial charge on any atom is -0.465 e. The van der Waals surface area contributed by atoms with Gasteiger partial charge in [0.25, 0.3) is 0 Å². The number of hydrogen-bond acceptors (Lipinski definition) is 3. The molecule has 0 aliphatic rings. The molecule has 88 valence electrons. The van der Waals surface area contributed by atoms with Crippen LogP contribution in [0.5, 0.6) is 5.75 Å². The lowest BCUT2D eigenvalue weighted by Gasteiger charge is -2.14.